The highest BCUT2D eigenvalue weighted by Crippen LogP contribution is 2.19. The van der Waals surface area contributed by atoms with Crippen molar-refractivity contribution in [3.8, 4) is 0 Å². The van der Waals surface area contributed by atoms with Crippen LogP contribution in [-0.4, -0.2) is 10.9 Å². The topological polar surface area (TPSA) is 42.0 Å². The van der Waals surface area contributed by atoms with E-state index < -0.39 is 0 Å². The Balaban J connectivity index is 1.58. The molecule has 1 unspecified atom stereocenters. The molecular formula is C21H21ClN2OS. The van der Waals surface area contributed by atoms with Crippen LogP contribution >= 0.6 is 22.9 Å². The number of carbonyl (C=O) groups is 1. The standard InChI is InChI=1S/C21H21ClN2OS/c1-14-6-3-4-9-19(14)15(2)23-20(25)12-18-13-26-21(24-18)11-16-7-5-8-17(22)10-16/h3-10,13,15H,11-12H2,1-2H3,(H,23,25). The first-order chi connectivity index (χ1) is 12.5. The molecule has 0 saturated carbocycles. The summed E-state index contributed by atoms with van der Waals surface area (Å²) in [5.74, 6) is -0.0136. The number of thiazole rings is 1. The average Bonchev–Trinajstić information content (AvgIpc) is 3.01. The van der Waals surface area contributed by atoms with E-state index in [-0.39, 0.29) is 11.9 Å². The molecule has 1 atom stereocenters. The maximum absolute atomic E-state index is 12.4. The van der Waals surface area contributed by atoms with Gasteiger partial charge in [0.1, 0.15) is 0 Å². The Morgan fingerprint density at radius 2 is 2.04 bits per heavy atom. The van der Waals surface area contributed by atoms with Crippen LogP contribution in [0.2, 0.25) is 5.02 Å². The predicted molar refractivity (Wildman–Crippen MR) is 108 cm³/mol. The minimum absolute atomic E-state index is 0.0136. The van der Waals surface area contributed by atoms with E-state index in [9.17, 15) is 4.79 Å². The smallest absolute Gasteiger partial charge is 0.226 e. The van der Waals surface area contributed by atoms with Crippen molar-refractivity contribution in [1.29, 1.82) is 0 Å². The summed E-state index contributed by atoms with van der Waals surface area (Å²) in [6.07, 6.45) is 1.02. The minimum atomic E-state index is -0.0201. The largest absolute Gasteiger partial charge is 0.349 e. The number of carbonyl (C=O) groups excluding carboxylic acids is 1. The van der Waals surface area contributed by atoms with Gasteiger partial charge in [-0.1, -0.05) is 48.0 Å². The summed E-state index contributed by atoms with van der Waals surface area (Å²) in [5, 5.41) is 6.73. The first-order valence-electron chi connectivity index (χ1n) is 8.54. The number of aryl methyl sites for hydroxylation is 1. The van der Waals surface area contributed by atoms with Crippen LogP contribution in [0.1, 0.15) is 40.4 Å². The lowest BCUT2D eigenvalue weighted by molar-refractivity contribution is -0.121. The number of aromatic nitrogens is 1. The number of rotatable bonds is 6. The number of nitrogens with zero attached hydrogens (tertiary/aromatic N) is 1. The Morgan fingerprint density at radius 1 is 1.23 bits per heavy atom. The zero-order valence-corrected chi connectivity index (χ0v) is 16.4. The zero-order valence-electron chi connectivity index (χ0n) is 14.8. The van der Waals surface area contributed by atoms with E-state index in [4.69, 9.17) is 11.6 Å². The molecule has 0 radical (unpaired) electrons. The Labute approximate surface area is 163 Å². The molecule has 2 aromatic carbocycles. The molecule has 3 rings (SSSR count). The van der Waals surface area contributed by atoms with Gasteiger partial charge in [0.25, 0.3) is 0 Å². The summed E-state index contributed by atoms with van der Waals surface area (Å²) in [4.78, 5) is 16.9. The van der Waals surface area contributed by atoms with E-state index in [1.807, 2.05) is 54.8 Å². The number of halogens is 1. The maximum Gasteiger partial charge on any atom is 0.226 e. The second-order valence-corrected chi connectivity index (χ2v) is 7.74. The third-order valence-corrected chi connectivity index (χ3v) is 5.35. The van der Waals surface area contributed by atoms with E-state index in [2.05, 4.69) is 23.3 Å². The SMILES string of the molecule is Cc1ccccc1C(C)NC(=O)Cc1csc(Cc2cccc(Cl)c2)n1. The van der Waals surface area contributed by atoms with Gasteiger partial charge in [-0.25, -0.2) is 4.98 Å². The first kappa shape index (κ1) is 18.6. The predicted octanol–water partition coefficient (Wildman–Crippen LogP) is 5.12. The van der Waals surface area contributed by atoms with E-state index in [1.165, 1.54) is 5.56 Å². The van der Waals surface area contributed by atoms with Crippen molar-refractivity contribution in [2.45, 2.75) is 32.7 Å². The van der Waals surface area contributed by atoms with Crippen LogP contribution in [-0.2, 0) is 17.6 Å². The molecular weight excluding hydrogens is 364 g/mol. The first-order valence-corrected chi connectivity index (χ1v) is 9.79. The van der Waals surface area contributed by atoms with Gasteiger partial charge >= 0.3 is 0 Å². The lowest BCUT2D eigenvalue weighted by atomic mass is 10.0. The molecule has 0 saturated heterocycles. The average molecular weight is 385 g/mol. The lowest BCUT2D eigenvalue weighted by Crippen LogP contribution is -2.28. The summed E-state index contributed by atoms with van der Waals surface area (Å²) in [6.45, 7) is 4.06. The second-order valence-electron chi connectivity index (χ2n) is 6.36. The van der Waals surface area contributed by atoms with Gasteiger partial charge < -0.3 is 5.32 Å². The van der Waals surface area contributed by atoms with Crippen molar-refractivity contribution < 1.29 is 4.79 Å². The van der Waals surface area contributed by atoms with Crippen LogP contribution in [0.4, 0.5) is 0 Å². The lowest BCUT2D eigenvalue weighted by Gasteiger charge is -2.16. The molecule has 1 N–H and O–H groups in total. The molecule has 0 aliphatic heterocycles. The van der Waals surface area contributed by atoms with Crippen LogP contribution in [0, 0.1) is 6.92 Å². The summed E-state index contributed by atoms with van der Waals surface area (Å²) < 4.78 is 0. The van der Waals surface area contributed by atoms with Gasteiger partial charge in [0.15, 0.2) is 0 Å². The molecule has 1 heterocycles. The zero-order chi connectivity index (χ0) is 18.5. The van der Waals surface area contributed by atoms with Crippen molar-refractivity contribution in [3.63, 3.8) is 0 Å². The van der Waals surface area contributed by atoms with Crippen molar-refractivity contribution >= 4 is 28.8 Å². The molecule has 5 heteroatoms. The summed E-state index contributed by atoms with van der Waals surface area (Å²) >= 11 is 7.60. The Bertz CT molecular complexity index is 906. The number of nitrogens with one attached hydrogen (secondary N) is 1. The molecule has 0 aliphatic rings. The van der Waals surface area contributed by atoms with E-state index >= 15 is 0 Å². The van der Waals surface area contributed by atoms with Crippen LogP contribution in [0.5, 0.6) is 0 Å². The van der Waals surface area contributed by atoms with Gasteiger partial charge in [-0.15, -0.1) is 11.3 Å². The molecule has 0 bridgehead atoms. The van der Waals surface area contributed by atoms with E-state index in [0.29, 0.717) is 6.42 Å². The van der Waals surface area contributed by atoms with Crippen LogP contribution in [0.25, 0.3) is 0 Å². The van der Waals surface area contributed by atoms with Gasteiger partial charge in [0.05, 0.1) is 23.2 Å². The Morgan fingerprint density at radius 3 is 2.81 bits per heavy atom. The molecule has 0 fully saturated rings. The Hall–Kier alpha value is -2.17. The summed E-state index contributed by atoms with van der Waals surface area (Å²) in [6, 6.07) is 15.9. The van der Waals surface area contributed by atoms with Gasteiger partial charge in [-0.2, -0.15) is 0 Å². The van der Waals surface area contributed by atoms with Crippen LogP contribution in [0.3, 0.4) is 0 Å². The maximum atomic E-state index is 12.4. The van der Waals surface area contributed by atoms with E-state index in [1.54, 1.807) is 11.3 Å². The molecule has 26 heavy (non-hydrogen) atoms. The van der Waals surface area contributed by atoms with Crippen LogP contribution < -0.4 is 5.32 Å². The van der Waals surface area contributed by atoms with Gasteiger partial charge in [-0.3, -0.25) is 4.79 Å². The minimum Gasteiger partial charge on any atom is -0.349 e. The fourth-order valence-corrected chi connectivity index (χ4v) is 3.98. The van der Waals surface area contributed by atoms with Crippen molar-refractivity contribution in [3.05, 3.63) is 86.3 Å². The van der Waals surface area contributed by atoms with Crippen molar-refractivity contribution in [1.82, 2.24) is 10.3 Å². The molecule has 0 aliphatic carbocycles. The molecule has 134 valence electrons. The highest BCUT2D eigenvalue weighted by molar-refractivity contribution is 7.09. The third-order valence-electron chi connectivity index (χ3n) is 4.22. The molecule has 1 aromatic heterocycles. The molecule has 0 spiro atoms. The number of amides is 1. The van der Waals surface area contributed by atoms with Gasteiger partial charge in [0.2, 0.25) is 5.91 Å². The monoisotopic (exact) mass is 384 g/mol. The molecule has 3 nitrogen and oxygen atoms in total. The number of hydrogen-bond acceptors (Lipinski definition) is 3. The van der Waals surface area contributed by atoms with Gasteiger partial charge in [0, 0.05) is 16.8 Å². The summed E-state index contributed by atoms with van der Waals surface area (Å²) in [7, 11) is 0. The highest BCUT2D eigenvalue weighted by atomic mass is 35.5. The van der Waals surface area contributed by atoms with Gasteiger partial charge in [-0.05, 0) is 42.7 Å². The Kier molecular flexibility index (Phi) is 6.07. The normalized spacial score (nSPS) is 12.0. The van der Waals surface area contributed by atoms with Crippen LogP contribution in [0.15, 0.2) is 53.9 Å². The molecule has 3 aromatic rings. The third kappa shape index (κ3) is 4.93. The fraction of sp³-hybridized carbons (Fsp3) is 0.238. The fourth-order valence-electron chi connectivity index (χ4n) is 2.94. The quantitative estimate of drug-likeness (QED) is 0.641. The highest BCUT2D eigenvalue weighted by Gasteiger charge is 2.13. The van der Waals surface area contributed by atoms with Crippen molar-refractivity contribution in [2.24, 2.45) is 0 Å². The van der Waals surface area contributed by atoms with E-state index in [0.717, 1.165) is 33.3 Å². The number of hydrogen-bond donors (Lipinski definition) is 1. The molecule has 1 amide bonds. The summed E-state index contributed by atoms with van der Waals surface area (Å²) in [5.41, 5.74) is 4.25. The number of benzene rings is 2. The van der Waals surface area contributed by atoms with Crippen molar-refractivity contribution in [2.75, 3.05) is 0 Å². The second kappa shape index (κ2) is 8.47.